The van der Waals surface area contributed by atoms with Gasteiger partial charge in [0.1, 0.15) is 0 Å². The zero-order valence-electron chi connectivity index (χ0n) is 7.21. The van der Waals surface area contributed by atoms with Gasteiger partial charge >= 0.3 is 0 Å². The van der Waals surface area contributed by atoms with Gasteiger partial charge in [-0.1, -0.05) is 0 Å². The van der Waals surface area contributed by atoms with Crippen LogP contribution in [0, 0.1) is 0 Å². The summed E-state index contributed by atoms with van der Waals surface area (Å²) in [5.74, 6) is 0.475. The molecular formula is C7H14N4O. The van der Waals surface area contributed by atoms with Crippen molar-refractivity contribution in [1.82, 2.24) is 10.2 Å². The van der Waals surface area contributed by atoms with Crippen LogP contribution in [0.3, 0.4) is 0 Å². The first-order valence-electron chi connectivity index (χ1n) is 4.05. The average molecular weight is 170 g/mol. The molecule has 0 unspecified atom stereocenters. The summed E-state index contributed by atoms with van der Waals surface area (Å²) < 4.78 is 0. The summed E-state index contributed by atoms with van der Waals surface area (Å²) in [4.78, 5) is 16.7. The summed E-state index contributed by atoms with van der Waals surface area (Å²) in [5, 5.41) is 2.72. The summed E-state index contributed by atoms with van der Waals surface area (Å²) in [6.45, 7) is 4.30. The maximum Gasteiger partial charge on any atom is 0.239 e. The number of guanidine groups is 1. The van der Waals surface area contributed by atoms with Gasteiger partial charge in [-0.15, -0.1) is 0 Å². The van der Waals surface area contributed by atoms with E-state index in [2.05, 4.69) is 10.3 Å². The summed E-state index contributed by atoms with van der Waals surface area (Å²) in [7, 11) is 0. The Hall–Kier alpha value is -1.26. The molecule has 1 rings (SSSR count). The molecule has 12 heavy (non-hydrogen) atoms. The van der Waals surface area contributed by atoms with Gasteiger partial charge in [-0.2, -0.15) is 0 Å². The van der Waals surface area contributed by atoms with E-state index >= 15 is 0 Å². The summed E-state index contributed by atoms with van der Waals surface area (Å²) in [6.07, 6.45) is 0. The van der Waals surface area contributed by atoms with Crippen molar-refractivity contribution >= 4 is 11.9 Å². The number of nitrogens with zero attached hydrogens (tertiary/aromatic N) is 2. The minimum Gasteiger partial charge on any atom is -0.370 e. The quantitative estimate of drug-likeness (QED) is 0.381. The lowest BCUT2D eigenvalue weighted by molar-refractivity contribution is -0.122. The fourth-order valence-electron chi connectivity index (χ4n) is 1.10. The molecule has 0 aromatic heterocycles. The molecule has 0 aliphatic carbocycles. The molecule has 0 aromatic carbocycles. The number of aliphatic imine (C=N–C) groups is 1. The molecule has 0 radical (unpaired) electrons. The highest BCUT2D eigenvalue weighted by Gasteiger charge is 2.16. The summed E-state index contributed by atoms with van der Waals surface area (Å²) in [6, 6.07) is 0. The normalized spacial score (nSPS) is 19.2. The van der Waals surface area contributed by atoms with Crippen LogP contribution < -0.4 is 11.1 Å². The fraction of sp³-hybridized carbons (Fsp3) is 0.714. The smallest absolute Gasteiger partial charge is 0.239 e. The van der Waals surface area contributed by atoms with Crippen molar-refractivity contribution < 1.29 is 4.79 Å². The lowest BCUT2D eigenvalue weighted by Gasteiger charge is -2.27. The Morgan fingerprint density at radius 3 is 3.17 bits per heavy atom. The van der Waals surface area contributed by atoms with Gasteiger partial charge in [-0.05, 0) is 6.92 Å². The van der Waals surface area contributed by atoms with Gasteiger partial charge in [0.15, 0.2) is 5.96 Å². The number of hydrogen-bond acceptors (Lipinski definition) is 2. The fourth-order valence-corrected chi connectivity index (χ4v) is 1.10. The van der Waals surface area contributed by atoms with Gasteiger partial charge in [-0.25, -0.2) is 0 Å². The average Bonchev–Trinajstić information content (AvgIpc) is 2.05. The van der Waals surface area contributed by atoms with Crippen LogP contribution in [-0.4, -0.2) is 42.9 Å². The third kappa shape index (κ3) is 2.11. The number of carbonyl (C=O) groups is 1. The van der Waals surface area contributed by atoms with E-state index in [4.69, 9.17) is 5.73 Å². The zero-order valence-corrected chi connectivity index (χ0v) is 7.21. The third-order valence-corrected chi connectivity index (χ3v) is 1.68. The van der Waals surface area contributed by atoms with Gasteiger partial charge < -0.3 is 16.0 Å². The van der Waals surface area contributed by atoms with Crippen LogP contribution in [0.1, 0.15) is 6.92 Å². The SMILES string of the molecule is CCN=C(N)N1CCNC(=O)C1. The van der Waals surface area contributed by atoms with Crippen molar-refractivity contribution in [1.29, 1.82) is 0 Å². The first-order chi connectivity index (χ1) is 5.74. The molecule has 0 bridgehead atoms. The van der Waals surface area contributed by atoms with Crippen molar-refractivity contribution in [2.24, 2.45) is 10.7 Å². The van der Waals surface area contributed by atoms with Crippen molar-refractivity contribution in [2.45, 2.75) is 6.92 Å². The molecule has 0 atom stereocenters. The summed E-state index contributed by atoms with van der Waals surface area (Å²) >= 11 is 0. The molecule has 3 N–H and O–H groups in total. The van der Waals surface area contributed by atoms with Crippen LogP contribution in [-0.2, 0) is 4.79 Å². The van der Waals surface area contributed by atoms with Crippen LogP contribution >= 0.6 is 0 Å². The monoisotopic (exact) mass is 170 g/mol. The van der Waals surface area contributed by atoms with Crippen LogP contribution in [0.2, 0.25) is 0 Å². The third-order valence-electron chi connectivity index (χ3n) is 1.68. The number of amides is 1. The second-order valence-electron chi connectivity index (χ2n) is 2.60. The molecule has 1 aliphatic heterocycles. The molecule has 1 amide bonds. The number of piperazine rings is 1. The molecule has 1 fully saturated rings. The Morgan fingerprint density at radius 1 is 1.83 bits per heavy atom. The van der Waals surface area contributed by atoms with E-state index in [1.807, 2.05) is 6.92 Å². The van der Waals surface area contributed by atoms with Crippen LogP contribution in [0.4, 0.5) is 0 Å². The molecule has 5 nitrogen and oxygen atoms in total. The molecule has 68 valence electrons. The summed E-state index contributed by atoms with van der Waals surface area (Å²) in [5.41, 5.74) is 5.62. The van der Waals surface area contributed by atoms with Crippen molar-refractivity contribution in [2.75, 3.05) is 26.2 Å². The van der Waals surface area contributed by atoms with Gasteiger partial charge in [0.25, 0.3) is 0 Å². The first-order valence-corrected chi connectivity index (χ1v) is 4.05. The zero-order chi connectivity index (χ0) is 8.97. The minimum absolute atomic E-state index is 0.00973. The number of hydrogen-bond donors (Lipinski definition) is 2. The lowest BCUT2D eigenvalue weighted by Crippen LogP contribution is -2.52. The van der Waals surface area contributed by atoms with E-state index < -0.39 is 0 Å². The van der Waals surface area contributed by atoms with Crippen molar-refractivity contribution in [3.05, 3.63) is 0 Å². The van der Waals surface area contributed by atoms with E-state index in [1.165, 1.54) is 0 Å². The second kappa shape index (κ2) is 3.94. The number of carbonyl (C=O) groups excluding carboxylic acids is 1. The standard InChI is InChI=1S/C7H14N4O/c1-2-9-7(8)11-4-3-10-6(12)5-11/h2-5H2,1H3,(H2,8,9)(H,10,12). The van der Waals surface area contributed by atoms with Crippen molar-refractivity contribution in [3.8, 4) is 0 Å². The lowest BCUT2D eigenvalue weighted by atomic mass is 10.4. The highest BCUT2D eigenvalue weighted by atomic mass is 16.2. The van der Waals surface area contributed by atoms with Gasteiger partial charge in [-0.3, -0.25) is 9.79 Å². The predicted molar refractivity (Wildman–Crippen MR) is 46.7 cm³/mol. The highest BCUT2D eigenvalue weighted by molar-refractivity contribution is 5.86. The van der Waals surface area contributed by atoms with Crippen LogP contribution in [0.5, 0.6) is 0 Å². The Bertz CT molecular complexity index is 202. The van der Waals surface area contributed by atoms with E-state index in [0.29, 0.717) is 25.6 Å². The molecule has 1 saturated heterocycles. The Kier molecular flexibility index (Phi) is 2.90. The number of nitrogens with two attached hydrogens (primary N) is 1. The molecular weight excluding hydrogens is 156 g/mol. The first kappa shape index (κ1) is 8.83. The molecule has 1 aliphatic rings. The largest absolute Gasteiger partial charge is 0.370 e. The van der Waals surface area contributed by atoms with E-state index in [1.54, 1.807) is 4.90 Å². The second-order valence-corrected chi connectivity index (χ2v) is 2.60. The minimum atomic E-state index is 0.00973. The molecule has 5 heteroatoms. The van der Waals surface area contributed by atoms with E-state index in [0.717, 1.165) is 6.54 Å². The highest BCUT2D eigenvalue weighted by Crippen LogP contribution is 1.92. The van der Waals surface area contributed by atoms with Gasteiger partial charge in [0, 0.05) is 19.6 Å². The maximum atomic E-state index is 10.9. The Labute approximate surface area is 71.6 Å². The molecule has 0 saturated carbocycles. The Balaban J connectivity index is 2.51. The van der Waals surface area contributed by atoms with E-state index in [9.17, 15) is 4.79 Å². The number of nitrogens with one attached hydrogen (secondary N) is 1. The van der Waals surface area contributed by atoms with E-state index in [-0.39, 0.29) is 5.91 Å². The number of rotatable bonds is 1. The van der Waals surface area contributed by atoms with Crippen LogP contribution in [0.25, 0.3) is 0 Å². The van der Waals surface area contributed by atoms with Gasteiger partial charge in [0.2, 0.25) is 5.91 Å². The molecule has 0 spiro atoms. The molecule has 1 heterocycles. The topological polar surface area (TPSA) is 70.7 Å². The van der Waals surface area contributed by atoms with Crippen LogP contribution in [0.15, 0.2) is 4.99 Å². The van der Waals surface area contributed by atoms with Crippen molar-refractivity contribution in [3.63, 3.8) is 0 Å². The Morgan fingerprint density at radius 2 is 2.58 bits per heavy atom. The van der Waals surface area contributed by atoms with Gasteiger partial charge in [0.05, 0.1) is 6.54 Å². The predicted octanol–water partition coefficient (Wildman–Crippen LogP) is -1.25. The molecule has 0 aromatic rings. The maximum absolute atomic E-state index is 10.9.